The molecule has 2 spiro atoms. The van der Waals surface area contributed by atoms with E-state index in [1.807, 2.05) is 0 Å². The summed E-state index contributed by atoms with van der Waals surface area (Å²) in [6.07, 6.45) is 0. The molecule has 0 atom stereocenters. The molecular weight excluding hydrogens is 1360 g/mol. The molecule has 113 heavy (non-hydrogen) atoms. The number of anilines is 6. The fourth-order valence-electron chi connectivity index (χ4n) is 22.0. The Morgan fingerprint density at radius 1 is 0.239 bits per heavy atom. The maximum atomic E-state index is 2.77. The highest BCUT2D eigenvalue weighted by atomic mass is 15.2. The van der Waals surface area contributed by atoms with E-state index in [4.69, 9.17) is 0 Å². The lowest BCUT2D eigenvalue weighted by Crippen LogP contribution is -2.61. The second-order valence-corrected chi connectivity index (χ2v) is 32.8. The third kappa shape index (κ3) is 8.19. The van der Waals surface area contributed by atoms with Crippen molar-refractivity contribution in [3.8, 4) is 78.1 Å². The van der Waals surface area contributed by atoms with E-state index in [2.05, 4.69) is 416 Å². The normalized spacial score (nSPS) is 14.2. The van der Waals surface area contributed by atoms with Gasteiger partial charge in [0, 0.05) is 66.8 Å². The van der Waals surface area contributed by atoms with Crippen molar-refractivity contribution < 1.29 is 0 Å². The van der Waals surface area contributed by atoms with Crippen molar-refractivity contribution in [2.45, 2.75) is 37.0 Å². The summed E-state index contributed by atoms with van der Waals surface area (Å²) in [7, 11) is 0. The highest BCUT2D eigenvalue weighted by Gasteiger charge is 2.57. The summed E-state index contributed by atoms with van der Waals surface area (Å²) in [4.78, 5) is 5.54. The zero-order valence-corrected chi connectivity index (χ0v) is 62.7. The fourth-order valence-corrected chi connectivity index (χ4v) is 22.0. The molecule has 0 amide bonds. The van der Waals surface area contributed by atoms with Crippen LogP contribution in [0.25, 0.3) is 122 Å². The minimum absolute atomic E-state index is 0.223. The predicted octanol–water partition coefficient (Wildman–Crippen LogP) is 25.3. The van der Waals surface area contributed by atoms with Gasteiger partial charge in [-0.25, -0.2) is 0 Å². The second-order valence-electron chi connectivity index (χ2n) is 32.8. The van der Waals surface area contributed by atoms with Gasteiger partial charge in [-0.15, -0.1) is 0 Å². The number of hydrogen-bond donors (Lipinski definition) is 0. The molecular formula is C108H71BN4. The minimum Gasteiger partial charge on any atom is -0.311 e. The molecule has 4 heterocycles. The molecule has 0 fully saturated rings. The van der Waals surface area contributed by atoms with Gasteiger partial charge in [-0.1, -0.05) is 300 Å². The summed E-state index contributed by atoms with van der Waals surface area (Å²) in [5.74, 6) is 0. The summed E-state index contributed by atoms with van der Waals surface area (Å²) >= 11 is 0. The van der Waals surface area contributed by atoms with Crippen molar-refractivity contribution in [2.75, 3.05) is 9.80 Å². The summed E-state index contributed by atoms with van der Waals surface area (Å²) in [5, 5.41) is 4.90. The van der Waals surface area contributed by atoms with Crippen molar-refractivity contribution in [3.05, 3.63) is 426 Å². The van der Waals surface area contributed by atoms with Crippen LogP contribution in [0.5, 0.6) is 0 Å². The van der Waals surface area contributed by atoms with Crippen molar-refractivity contribution in [1.29, 1.82) is 0 Å². The van der Waals surface area contributed by atoms with Gasteiger partial charge in [-0.05, 0) is 225 Å². The van der Waals surface area contributed by atoms with Gasteiger partial charge in [0.1, 0.15) is 0 Å². The zero-order chi connectivity index (χ0) is 74.3. The minimum atomic E-state index is -0.666. The average Bonchev–Trinajstić information content (AvgIpc) is 1.52. The largest absolute Gasteiger partial charge is 0.311 e. The first-order valence-corrected chi connectivity index (χ1v) is 39.8. The molecule has 0 saturated carbocycles. The summed E-state index contributed by atoms with van der Waals surface area (Å²) < 4.78 is 4.86. The molecule has 0 radical (unpaired) electrons. The molecule has 0 bridgehead atoms. The molecule has 4 aliphatic carbocycles. The maximum Gasteiger partial charge on any atom is 0.252 e. The number of aromatic nitrogens is 2. The Bertz CT molecular complexity index is 6840. The van der Waals surface area contributed by atoms with Crippen LogP contribution in [-0.2, 0) is 16.2 Å². The van der Waals surface area contributed by atoms with Gasteiger partial charge >= 0.3 is 0 Å². The first-order valence-electron chi connectivity index (χ1n) is 39.8. The average molecular weight is 1440 g/mol. The van der Waals surface area contributed by atoms with Crippen LogP contribution >= 0.6 is 0 Å². The first kappa shape index (κ1) is 62.9. The summed E-state index contributed by atoms with van der Waals surface area (Å²) in [6, 6.07) is 145. The number of para-hydroxylation sites is 4. The van der Waals surface area contributed by atoms with Gasteiger partial charge in [0.05, 0.1) is 44.3 Å². The summed E-state index contributed by atoms with van der Waals surface area (Å²) in [5.41, 5.74) is 42.8. The lowest BCUT2D eigenvalue weighted by atomic mass is 9.33. The summed E-state index contributed by atoms with van der Waals surface area (Å²) in [6.45, 7) is 7.04. The van der Waals surface area contributed by atoms with E-state index >= 15 is 0 Å². The Morgan fingerprint density at radius 3 is 0.929 bits per heavy atom. The molecule has 0 N–H and O–H groups in total. The topological polar surface area (TPSA) is 16.3 Å². The lowest BCUT2D eigenvalue weighted by molar-refractivity contribution is 0.590. The number of benzene rings is 17. The van der Waals surface area contributed by atoms with E-state index in [1.54, 1.807) is 0 Å². The SMILES string of the molecule is CC(C)(C)c1cc2c3c(c1)N(c1cccc4c1C1(c5ccccc5-c5ccccc51)c1ccccc1-4)c1cc(-c4ccc5c(c4)c4ccccc4n5-c4ccccc4)ccc1B3c1ccc(-c3ccc4c(c3)c3ccccc3n4-c3ccccc3)cc1N2c1cccc2c1C1(c3ccccc3-c3ccccc31)c1ccccc1-2. The third-order valence-corrected chi connectivity index (χ3v) is 26.4. The van der Waals surface area contributed by atoms with E-state index in [-0.39, 0.29) is 12.1 Å². The van der Waals surface area contributed by atoms with E-state index in [1.165, 1.54) is 200 Å². The van der Waals surface area contributed by atoms with Crippen LogP contribution in [0.15, 0.2) is 376 Å². The molecule has 0 unspecified atom stereocenters. The van der Waals surface area contributed by atoms with Crippen molar-refractivity contribution >= 4 is 101 Å². The number of hydrogen-bond acceptors (Lipinski definition) is 2. The quantitative estimate of drug-likeness (QED) is 0.154. The lowest BCUT2D eigenvalue weighted by Gasteiger charge is -2.47. The van der Waals surface area contributed by atoms with Crippen molar-refractivity contribution in [1.82, 2.24) is 9.13 Å². The monoisotopic (exact) mass is 1430 g/mol. The Morgan fingerprint density at radius 2 is 0.549 bits per heavy atom. The number of fused-ring (bicyclic) bond motifs is 30. The van der Waals surface area contributed by atoms with Crippen molar-refractivity contribution in [2.24, 2.45) is 0 Å². The van der Waals surface area contributed by atoms with Crippen LogP contribution in [-0.4, -0.2) is 15.8 Å². The molecule has 17 aromatic carbocycles. The van der Waals surface area contributed by atoms with Crippen LogP contribution in [0, 0.1) is 0 Å². The standard InChI is InChI=1S/C108H71BN4/c1-106(2,3)70-64-101-105-102(65-70)113(98-51-27-41-82-78-37-15-23-47-90(78)108(104(82)98)87-44-20-12-34-75(87)76-35-13-21-45-88(76)108)100-63-69(67-55-59-96-84(61-67)80-39-17-25-49-94(80)111(96)72-30-8-5-9-31-72)53-57-92(100)109(105)91-56-52-68(66-54-58-95-83(60-66)79-38-16-24-48-93(79)110(95)71-28-6-4-7-29-71)62-99(91)112(101)97-50-26-40-81-77-36-14-22-46-89(77)107(103(81)97)85-42-18-10-32-73(85)74-33-11-19-43-86(74)107/h4-65H,1-3H3. The van der Waals surface area contributed by atoms with Gasteiger partial charge in [-0.2, -0.15) is 0 Å². The molecule has 2 aliphatic heterocycles. The van der Waals surface area contributed by atoms with E-state index in [9.17, 15) is 0 Å². The Hall–Kier alpha value is -14.0. The van der Waals surface area contributed by atoms with Gasteiger partial charge in [0.15, 0.2) is 0 Å². The number of nitrogens with zero attached hydrogens (tertiary/aromatic N) is 4. The molecule has 5 heteroatoms. The molecule has 25 rings (SSSR count). The Kier molecular flexibility index (Phi) is 12.7. The fraction of sp³-hybridized carbons (Fsp3) is 0.0556. The highest BCUT2D eigenvalue weighted by molar-refractivity contribution is 7.00. The molecule has 526 valence electrons. The smallest absolute Gasteiger partial charge is 0.252 e. The van der Waals surface area contributed by atoms with Crippen LogP contribution in [0.2, 0.25) is 0 Å². The maximum absolute atomic E-state index is 2.77. The molecule has 0 saturated heterocycles. The van der Waals surface area contributed by atoms with Gasteiger partial charge < -0.3 is 18.9 Å². The van der Waals surface area contributed by atoms with Crippen molar-refractivity contribution in [3.63, 3.8) is 0 Å². The van der Waals surface area contributed by atoms with Crippen LogP contribution in [0.3, 0.4) is 0 Å². The third-order valence-electron chi connectivity index (χ3n) is 26.4. The highest BCUT2D eigenvalue weighted by Crippen LogP contribution is 2.68. The first-order chi connectivity index (χ1) is 55.7. The van der Waals surface area contributed by atoms with Crippen LogP contribution in [0.1, 0.15) is 70.8 Å². The predicted molar refractivity (Wildman–Crippen MR) is 471 cm³/mol. The molecule has 4 nitrogen and oxygen atoms in total. The van der Waals surface area contributed by atoms with E-state index in [0.717, 1.165) is 22.5 Å². The van der Waals surface area contributed by atoms with E-state index in [0.29, 0.717) is 0 Å². The van der Waals surface area contributed by atoms with Gasteiger partial charge in [0.2, 0.25) is 0 Å². The van der Waals surface area contributed by atoms with Gasteiger partial charge in [-0.3, -0.25) is 0 Å². The Labute approximate surface area is 656 Å². The van der Waals surface area contributed by atoms with Crippen LogP contribution < -0.4 is 26.2 Å². The number of rotatable bonds is 6. The van der Waals surface area contributed by atoms with Gasteiger partial charge in [0.25, 0.3) is 6.71 Å². The van der Waals surface area contributed by atoms with Crippen LogP contribution in [0.4, 0.5) is 34.1 Å². The molecule has 19 aromatic rings. The second kappa shape index (κ2) is 22.8. The zero-order valence-electron chi connectivity index (χ0n) is 62.7. The van der Waals surface area contributed by atoms with E-state index < -0.39 is 10.8 Å². The Balaban J connectivity index is 0.804. The molecule has 6 aliphatic rings. The molecule has 2 aromatic heterocycles.